The number of carbonyl (C=O) groups is 2. The average Bonchev–Trinajstić information content (AvgIpc) is 2.74. The molecule has 174 valence electrons. The fourth-order valence-corrected chi connectivity index (χ4v) is 5.09. The molecule has 2 atom stereocenters. The third kappa shape index (κ3) is 5.03. The quantitative estimate of drug-likeness (QED) is 0.410. The van der Waals surface area contributed by atoms with E-state index in [1.807, 2.05) is 19.1 Å². The lowest BCUT2D eigenvalue weighted by Gasteiger charge is -2.39. The molecule has 32 heavy (non-hydrogen) atoms. The molecule has 3 rings (SSSR count). The third-order valence-corrected chi connectivity index (χ3v) is 6.87. The number of carbonyl (C=O) groups excluding carboxylic acids is 2. The van der Waals surface area contributed by atoms with E-state index in [4.69, 9.17) is 19.2 Å². The highest BCUT2D eigenvalue weighted by Gasteiger charge is 2.46. The highest BCUT2D eigenvalue weighted by Crippen LogP contribution is 2.50. The van der Waals surface area contributed by atoms with Crippen molar-refractivity contribution in [3.8, 4) is 11.5 Å². The van der Waals surface area contributed by atoms with E-state index in [0.717, 1.165) is 22.8 Å². The minimum Gasteiger partial charge on any atom is -0.497 e. The first-order chi connectivity index (χ1) is 15.2. The molecule has 1 aliphatic carbocycles. The van der Waals surface area contributed by atoms with Crippen LogP contribution in [0.15, 0.2) is 34.5 Å². The highest BCUT2D eigenvalue weighted by atomic mass is 32.2. The summed E-state index contributed by atoms with van der Waals surface area (Å²) in [5.41, 5.74) is 2.66. The Hall–Kier alpha value is -2.28. The zero-order valence-corrected chi connectivity index (χ0v) is 20.6. The van der Waals surface area contributed by atoms with Crippen LogP contribution in [-0.4, -0.2) is 49.8 Å². The molecule has 0 amide bonds. The van der Waals surface area contributed by atoms with Gasteiger partial charge in [-0.25, -0.2) is 0 Å². The fraction of sp³-hybridized carbons (Fsp3) is 0.560. The maximum absolute atomic E-state index is 13.4. The van der Waals surface area contributed by atoms with Crippen molar-refractivity contribution in [3.05, 3.63) is 35.0 Å². The van der Waals surface area contributed by atoms with Gasteiger partial charge >= 0.3 is 5.97 Å². The van der Waals surface area contributed by atoms with Crippen LogP contribution in [0.3, 0.4) is 0 Å². The van der Waals surface area contributed by atoms with Crippen molar-refractivity contribution in [1.29, 1.82) is 0 Å². The van der Waals surface area contributed by atoms with Gasteiger partial charge in [0, 0.05) is 46.7 Å². The molecule has 1 heterocycles. The van der Waals surface area contributed by atoms with Crippen molar-refractivity contribution < 1.29 is 23.8 Å². The molecule has 1 aliphatic heterocycles. The van der Waals surface area contributed by atoms with Gasteiger partial charge in [0.25, 0.3) is 0 Å². The monoisotopic (exact) mass is 459 g/mol. The first kappa shape index (κ1) is 24.4. The Morgan fingerprint density at radius 1 is 1.22 bits per heavy atom. The Morgan fingerprint density at radius 3 is 2.62 bits per heavy atom. The van der Waals surface area contributed by atoms with Crippen LogP contribution in [0.5, 0.6) is 11.5 Å². The summed E-state index contributed by atoms with van der Waals surface area (Å²) in [4.78, 5) is 31.4. The Balaban J connectivity index is 2.10. The van der Waals surface area contributed by atoms with E-state index in [1.54, 1.807) is 32.0 Å². The Bertz CT molecular complexity index is 950. The number of nitrogens with zero attached hydrogens (tertiary/aromatic N) is 1. The summed E-state index contributed by atoms with van der Waals surface area (Å²) in [6.45, 7) is 8.41. The van der Waals surface area contributed by atoms with E-state index >= 15 is 0 Å². The van der Waals surface area contributed by atoms with Crippen molar-refractivity contribution in [2.45, 2.75) is 46.5 Å². The van der Waals surface area contributed by atoms with Crippen LogP contribution in [0.25, 0.3) is 0 Å². The van der Waals surface area contributed by atoms with Crippen molar-refractivity contribution in [3.63, 3.8) is 0 Å². The third-order valence-electron chi connectivity index (χ3n) is 6.01. The fourth-order valence-electron chi connectivity index (χ4n) is 4.60. The Morgan fingerprint density at radius 2 is 1.97 bits per heavy atom. The summed E-state index contributed by atoms with van der Waals surface area (Å²) >= 11 is 1.72. The van der Waals surface area contributed by atoms with Crippen LogP contribution in [0.1, 0.15) is 52.0 Å². The number of Topliss-reactive ketones (excluding diaryl/α,β-unsaturated/α-hetero) is 1. The SMILES string of the molecule is CCSCCOC(=O)C1C(C)=NC2=C(C(=O)CC(C)(C)C2)[C@H]1c1ccc(OC)cc1OC. The molecule has 6 nitrogen and oxygen atoms in total. The summed E-state index contributed by atoms with van der Waals surface area (Å²) in [6, 6.07) is 5.50. The number of benzene rings is 1. The van der Waals surface area contributed by atoms with Crippen LogP contribution < -0.4 is 9.47 Å². The van der Waals surface area contributed by atoms with Gasteiger partial charge in [-0.15, -0.1) is 0 Å². The van der Waals surface area contributed by atoms with Crippen LogP contribution >= 0.6 is 11.8 Å². The van der Waals surface area contributed by atoms with E-state index in [1.165, 1.54) is 0 Å². The lowest BCUT2D eigenvalue weighted by atomic mass is 9.66. The molecule has 1 aromatic rings. The first-order valence-electron chi connectivity index (χ1n) is 11.0. The lowest BCUT2D eigenvalue weighted by molar-refractivity contribution is -0.145. The van der Waals surface area contributed by atoms with Gasteiger partial charge in [0.2, 0.25) is 0 Å². The molecule has 1 unspecified atom stereocenters. The van der Waals surface area contributed by atoms with Crippen molar-refractivity contribution in [2.75, 3.05) is 32.3 Å². The van der Waals surface area contributed by atoms with Gasteiger partial charge in [-0.2, -0.15) is 11.8 Å². The molecule has 0 fully saturated rings. The van der Waals surface area contributed by atoms with Gasteiger partial charge in [0.05, 0.1) is 14.2 Å². The largest absolute Gasteiger partial charge is 0.497 e. The summed E-state index contributed by atoms with van der Waals surface area (Å²) in [7, 11) is 3.17. The molecule has 0 bridgehead atoms. The maximum Gasteiger partial charge on any atom is 0.315 e. The minimum atomic E-state index is -0.673. The summed E-state index contributed by atoms with van der Waals surface area (Å²) < 4.78 is 16.7. The smallest absolute Gasteiger partial charge is 0.315 e. The number of methoxy groups -OCH3 is 2. The van der Waals surface area contributed by atoms with Gasteiger partial charge in [0.1, 0.15) is 24.0 Å². The Labute approximate surface area is 194 Å². The van der Waals surface area contributed by atoms with Crippen LogP contribution in [0.2, 0.25) is 0 Å². The topological polar surface area (TPSA) is 74.2 Å². The second-order valence-electron chi connectivity index (χ2n) is 8.98. The summed E-state index contributed by atoms with van der Waals surface area (Å²) in [6.07, 6.45) is 1.11. The number of thioether (sulfide) groups is 1. The zero-order chi connectivity index (χ0) is 23.5. The number of allylic oxidation sites excluding steroid dienone is 2. The predicted molar refractivity (Wildman–Crippen MR) is 128 cm³/mol. The second-order valence-corrected chi connectivity index (χ2v) is 10.4. The number of rotatable bonds is 8. The number of esters is 1. The molecule has 0 saturated heterocycles. The van der Waals surface area contributed by atoms with Gasteiger partial charge in [-0.3, -0.25) is 14.6 Å². The summed E-state index contributed by atoms with van der Waals surface area (Å²) in [5, 5.41) is 0. The summed E-state index contributed by atoms with van der Waals surface area (Å²) in [5.74, 6) is 1.44. The highest BCUT2D eigenvalue weighted by molar-refractivity contribution is 7.99. The maximum atomic E-state index is 13.4. The number of hydrogen-bond acceptors (Lipinski definition) is 7. The lowest BCUT2D eigenvalue weighted by Crippen LogP contribution is -2.39. The average molecular weight is 460 g/mol. The number of ether oxygens (including phenoxy) is 3. The van der Waals surface area contributed by atoms with E-state index < -0.39 is 11.8 Å². The molecule has 7 heteroatoms. The Kier molecular flexibility index (Phi) is 7.70. The zero-order valence-electron chi connectivity index (χ0n) is 19.8. The van der Waals surface area contributed by atoms with Crippen molar-refractivity contribution in [1.82, 2.24) is 0 Å². The molecule has 1 aromatic carbocycles. The second kappa shape index (κ2) is 10.1. The molecule has 0 N–H and O–H groups in total. The molecule has 2 aliphatic rings. The van der Waals surface area contributed by atoms with Crippen LogP contribution in [-0.2, 0) is 14.3 Å². The molecule has 0 spiro atoms. The standard InChI is InChI=1S/C25H33NO5S/c1-7-32-11-10-31-24(28)21-15(2)26-18-13-25(3,4)14-19(27)23(18)22(21)17-9-8-16(29-5)12-20(17)30-6/h8-9,12,21-22H,7,10-11,13-14H2,1-6H3/t21?,22-/m0/s1. The normalized spacial score (nSPS) is 22.2. The van der Waals surface area contributed by atoms with E-state index in [0.29, 0.717) is 42.2 Å². The van der Waals surface area contributed by atoms with Gasteiger partial charge in [-0.05, 0) is 30.6 Å². The van der Waals surface area contributed by atoms with Crippen molar-refractivity contribution in [2.24, 2.45) is 16.3 Å². The predicted octanol–water partition coefficient (Wildman–Crippen LogP) is 4.82. The van der Waals surface area contributed by atoms with Crippen LogP contribution in [0.4, 0.5) is 0 Å². The first-order valence-corrected chi connectivity index (χ1v) is 12.2. The number of hydrogen-bond donors (Lipinski definition) is 0. The van der Waals surface area contributed by atoms with E-state index in [2.05, 4.69) is 20.8 Å². The minimum absolute atomic E-state index is 0.0368. The number of ketones is 1. The molecule has 0 saturated carbocycles. The number of aliphatic imine (C=N–C) groups is 1. The van der Waals surface area contributed by atoms with Gasteiger partial charge in [-0.1, -0.05) is 26.8 Å². The van der Waals surface area contributed by atoms with Crippen molar-refractivity contribution >= 4 is 29.2 Å². The molecular weight excluding hydrogens is 426 g/mol. The molecular formula is C25H33NO5S. The van der Waals surface area contributed by atoms with Crippen LogP contribution in [0, 0.1) is 11.3 Å². The van der Waals surface area contributed by atoms with E-state index in [9.17, 15) is 9.59 Å². The van der Waals surface area contributed by atoms with Gasteiger partial charge in [0.15, 0.2) is 5.78 Å². The molecule has 0 radical (unpaired) electrons. The molecule has 0 aromatic heterocycles. The van der Waals surface area contributed by atoms with E-state index in [-0.39, 0.29) is 17.2 Å². The van der Waals surface area contributed by atoms with Gasteiger partial charge < -0.3 is 14.2 Å².